The SMILES string of the molecule is O=C(N[C@H](c1ccccc1)c1ccco1)C1c2ccccc2Oc2ccccc21. The molecule has 1 aliphatic heterocycles. The van der Waals surface area contributed by atoms with Crippen molar-refractivity contribution in [3.63, 3.8) is 0 Å². The lowest BCUT2D eigenvalue weighted by Gasteiger charge is -2.29. The lowest BCUT2D eigenvalue weighted by molar-refractivity contribution is -0.122. The molecule has 5 rings (SSSR count). The van der Waals surface area contributed by atoms with Crippen molar-refractivity contribution in [3.8, 4) is 11.5 Å². The maximum Gasteiger partial charge on any atom is 0.233 e. The van der Waals surface area contributed by atoms with Gasteiger partial charge in [0.15, 0.2) is 0 Å². The van der Waals surface area contributed by atoms with Crippen molar-refractivity contribution in [1.82, 2.24) is 5.32 Å². The second-order valence-corrected chi connectivity index (χ2v) is 6.98. The number of para-hydroxylation sites is 2. The zero-order chi connectivity index (χ0) is 19.6. The first kappa shape index (κ1) is 17.3. The van der Waals surface area contributed by atoms with Crippen molar-refractivity contribution in [3.05, 3.63) is 120 Å². The summed E-state index contributed by atoms with van der Waals surface area (Å²) in [7, 11) is 0. The smallest absolute Gasteiger partial charge is 0.233 e. The molecule has 142 valence electrons. The van der Waals surface area contributed by atoms with E-state index in [1.54, 1.807) is 6.26 Å². The van der Waals surface area contributed by atoms with Crippen LogP contribution in [0.4, 0.5) is 0 Å². The molecular weight excluding hydrogens is 362 g/mol. The first-order valence-corrected chi connectivity index (χ1v) is 9.55. The van der Waals surface area contributed by atoms with Gasteiger partial charge in [-0.25, -0.2) is 0 Å². The molecule has 1 N–H and O–H groups in total. The quantitative estimate of drug-likeness (QED) is 0.513. The Hall–Kier alpha value is -3.79. The predicted octanol–water partition coefficient (Wildman–Crippen LogP) is 5.42. The van der Waals surface area contributed by atoms with Crippen molar-refractivity contribution < 1.29 is 13.9 Å². The highest BCUT2D eigenvalue weighted by molar-refractivity contribution is 5.90. The third-order valence-electron chi connectivity index (χ3n) is 5.19. The minimum atomic E-state index is -0.461. The Morgan fingerprint density at radius 3 is 2.00 bits per heavy atom. The number of ether oxygens (including phenoxy) is 1. The molecule has 0 fully saturated rings. The zero-order valence-electron chi connectivity index (χ0n) is 15.6. The van der Waals surface area contributed by atoms with E-state index in [0.29, 0.717) is 17.3 Å². The van der Waals surface area contributed by atoms with Gasteiger partial charge in [0.25, 0.3) is 0 Å². The minimum absolute atomic E-state index is 0.0987. The molecule has 4 aromatic rings. The first-order valence-electron chi connectivity index (χ1n) is 9.55. The van der Waals surface area contributed by atoms with E-state index in [1.807, 2.05) is 91.0 Å². The fourth-order valence-electron chi connectivity index (χ4n) is 3.84. The van der Waals surface area contributed by atoms with Crippen LogP contribution in [0.15, 0.2) is 102 Å². The van der Waals surface area contributed by atoms with Gasteiger partial charge in [0.2, 0.25) is 5.91 Å². The number of hydrogen-bond acceptors (Lipinski definition) is 3. The van der Waals surface area contributed by atoms with Crippen LogP contribution in [0.3, 0.4) is 0 Å². The molecule has 3 aromatic carbocycles. The molecule has 29 heavy (non-hydrogen) atoms. The zero-order valence-corrected chi connectivity index (χ0v) is 15.6. The van der Waals surface area contributed by atoms with Gasteiger partial charge < -0.3 is 14.5 Å². The van der Waals surface area contributed by atoms with Crippen LogP contribution < -0.4 is 10.1 Å². The van der Waals surface area contributed by atoms with Gasteiger partial charge >= 0.3 is 0 Å². The van der Waals surface area contributed by atoms with E-state index >= 15 is 0 Å². The number of carbonyl (C=O) groups excluding carboxylic acids is 1. The van der Waals surface area contributed by atoms with Crippen molar-refractivity contribution in [2.75, 3.05) is 0 Å². The van der Waals surface area contributed by atoms with Crippen molar-refractivity contribution in [2.24, 2.45) is 0 Å². The number of hydrogen-bond donors (Lipinski definition) is 1. The molecule has 1 aromatic heterocycles. The Kier molecular flexibility index (Phi) is 4.37. The number of rotatable bonds is 4. The van der Waals surface area contributed by atoms with Crippen LogP contribution in [0.1, 0.15) is 34.4 Å². The van der Waals surface area contributed by atoms with E-state index in [0.717, 1.165) is 16.7 Å². The van der Waals surface area contributed by atoms with Gasteiger partial charge in [0.05, 0.1) is 12.2 Å². The Labute approximate surface area is 168 Å². The summed E-state index contributed by atoms with van der Waals surface area (Å²) < 4.78 is 11.7. The molecule has 0 unspecified atom stereocenters. The van der Waals surface area contributed by atoms with Crippen molar-refractivity contribution >= 4 is 5.91 Å². The topological polar surface area (TPSA) is 51.5 Å². The molecule has 4 heteroatoms. The van der Waals surface area contributed by atoms with E-state index in [2.05, 4.69) is 5.32 Å². The van der Waals surface area contributed by atoms with Crippen LogP contribution in [0.5, 0.6) is 11.5 Å². The summed E-state index contributed by atoms with van der Waals surface area (Å²) in [5.74, 6) is 1.55. The van der Waals surface area contributed by atoms with Crippen LogP contribution in [0.2, 0.25) is 0 Å². The number of furan rings is 1. The van der Waals surface area contributed by atoms with E-state index in [9.17, 15) is 4.79 Å². The van der Waals surface area contributed by atoms with E-state index in [4.69, 9.17) is 9.15 Å². The molecule has 0 saturated heterocycles. The van der Waals surface area contributed by atoms with Crippen LogP contribution in [0, 0.1) is 0 Å². The fraction of sp³-hybridized carbons (Fsp3) is 0.0800. The molecule has 0 radical (unpaired) electrons. The number of nitrogens with one attached hydrogen (secondary N) is 1. The molecular formula is C25H19NO3. The lowest BCUT2D eigenvalue weighted by atomic mass is 9.87. The normalized spacial score (nSPS) is 13.7. The van der Waals surface area contributed by atoms with Gasteiger partial charge in [-0.1, -0.05) is 66.7 Å². The molecule has 1 atom stereocenters. The summed E-state index contributed by atoms with van der Waals surface area (Å²) >= 11 is 0. The number of benzene rings is 3. The average molecular weight is 381 g/mol. The van der Waals surface area contributed by atoms with E-state index in [1.165, 1.54) is 0 Å². The molecule has 0 spiro atoms. The number of fused-ring (bicyclic) bond motifs is 2. The highest BCUT2D eigenvalue weighted by Crippen LogP contribution is 2.44. The maximum absolute atomic E-state index is 13.6. The lowest BCUT2D eigenvalue weighted by Crippen LogP contribution is -2.35. The van der Waals surface area contributed by atoms with Crippen molar-refractivity contribution in [1.29, 1.82) is 0 Å². The highest BCUT2D eigenvalue weighted by atomic mass is 16.5. The summed E-state index contributed by atoms with van der Waals surface area (Å²) in [6, 6.07) is 28.5. The Morgan fingerprint density at radius 1 is 0.759 bits per heavy atom. The van der Waals surface area contributed by atoms with Crippen LogP contribution >= 0.6 is 0 Å². The predicted molar refractivity (Wildman–Crippen MR) is 110 cm³/mol. The average Bonchev–Trinajstić information content (AvgIpc) is 3.31. The van der Waals surface area contributed by atoms with Gasteiger partial charge in [0.1, 0.15) is 23.3 Å². The second kappa shape index (κ2) is 7.32. The van der Waals surface area contributed by atoms with Crippen LogP contribution in [-0.2, 0) is 4.79 Å². The fourth-order valence-corrected chi connectivity index (χ4v) is 3.84. The molecule has 0 saturated carbocycles. The third-order valence-corrected chi connectivity index (χ3v) is 5.19. The Bertz CT molecular complexity index is 1090. The third kappa shape index (κ3) is 3.19. The van der Waals surface area contributed by atoms with Gasteiger partial charge in [0, 0.05) is 11.1 Å². The minimum Gasteiger partial charge on any atom is -0.467 e. The molecule has 1 aliphatic rings. The summed E-state index contributed by atoms with van der Waals surface area (Å²) in [6.45, 7) is 0. The van der Waals surface area contributed by atoms with Crippen LogP contribution in [-0.4, -0.2) is 5.91 Å². The van der Waals surface area contributed by atoms with E-state index < -0.39 is 5.92 Å². The summed E-state index contributed by atoms with van der Waals surface area (Å²) in [4.78, 5) is 13.6. The van der Waals surface area contributed by atoms with E-state index in [-0.39, 0.29) is 11.9 Å². The monoisotopic (exact) mass is 381 g/mol. The molecule has 1 amide bonds. The van der Waals surface area contributed by atoms with Gasteiger partial charge in [-0.3, -0.25) is 4.79 Å². The Morgan fingerprint density at radius 2 is 1.38 bits per heavy atom. The maximum atomic E-state index is 13.6. The van der Waals surface area contributed by atoms with Gasteiger partial charge in [-0.2, -0.15) is 0 Å². The second-order valence-electron chi connectivity index (χ2n) is 6.98. The van der Waals surface area contributed by atoms with Crippen LogP contribution in [0.25, 0.3) is 0 Å². The summed E-state index contributed by atoms with van der Waals surface area (Å²) in [6.07, 6.45) is 1.62. The standard InChI is InChI=1S/C25H19NO3/c27-25(26-24(22-15-8-16-28-22)17-9-2-1-3-10-17)23-18-11-4-6-13-20(18)29-21-14-7-5-12-19(21)23/h1-16,23-24H,(H,26,27)/t24-/m1/s1. The molecule has 0 aliphatic carbocycles. The molecule has 4 nitrogen and oxygen atoms in total. The number of carbonyl (C=O) groups is 1. The number of amides is 1. The van der Waals surface area contributed by atoms with Crippen molar-refractivity contribution in [2.45, 2.75) is 12.0 Å². The molecule has 2 heterocycles. The van der Waals surface area contributed by atoms with Gasteiger partial charge in [-0.05, 0) is 29.8 Å². The largest absolute Gasteiger partial charge is 0.467 e. The van der Waals surface area contributed by atoms with Gasteiger partial charge in [-0.15, -0.1) is 0 Å². The summed E-state index contributed by atoms with van der Waals surface area (Å²) in [5.41, 5.74) is 2.68. The summed E-state index contributed by atoms with van der Waals surface area (Å²) in [5, 5.41) is 3.20. The highest BCUT2D eigenvalue weighted by Gasteiger charge is 2.34. The first-order chi connectivity index (χ1) is 14.3. The molecule has 0 bridgehead atoms. The Balaban J connectivity index is 1.55.